The zero-order valence-corrected chi connectivity index (χ0v) is 10.4. The molecule has 96 valence electrons. The molecule has 19 heavy (non-hydrogen) atoms. The molecule has 3 rings (SSSR count). The van der Waals surface area contributed by atoms with Crippen LogP contribution in [0.3, 0.4) is 0 Å². The Bertz CT molecular complexity index is 722. The Morgan fingerprint density at radius 3 is 2.63 bits per heavy atom. The average Bonchev–Trinajstić information content (AvgIpc) is 2.87. The van der Waals surface area contributed by atoms with E-state index in [1.165, 1.54) is 0 Å². The lowest BCUT2D eigenvalue weighted by Gasteiger charge is -2.05. The topological polar surface area (TPSA) is 78.8 Å². The van der Waals surface area contributed by atoms with Gasteiger partial charge in [-0.05, 0) is 19.1 Å². The number of aryl methyl sites for hydroxylation is 1. The van der Waals surface area contributed by atoms with E-state index in [1.807, 2.05) is 31.2 Å². The lowest BCUT2D eigenvalue weighted by molar-refractivity contribution is 0.464. The first kappa shape index (κ1) is 11.5. The predicted molar refractivity (Wildman–Crippen MR) is 71.9 cm³/mol. The molecule has 0 saturated carbocycles. The van der Waals surface area contributed by atoms with Gasteiger partial charge in [-0.3, -0.25) is 4.68 Å². The minimum Gasteiger partial charge on any atom is -0.433 e. The molecule has 0 aliphatic heterocycles. The maximum Gasteiger partial charge on any atom is 0.263 e. The molecular formula is C13H13N5O. The number of anilines is 1. The maximum atomic E-state index is 5.85. The Kier molecular flexibility index (Phi) is 2.75. The molecule has 0 atom stereocenters. The smallest absolute Gasteiger partial charge is 0.263 e. The number of para-hydroxylation sites is 2. The van der Waals surface area contributed by atoms with Gasteiger partial charge in [-0.2, -0.15) is 5.10 Å². The fraction of sp³-hybridized carbons (Fsp3) is 0.154. The van der Waals surface area contributed by atoms with Crippen LogP contribution in [0, 0.1) is 0 Å². The molecule has 0 unspecified atom stereocenters. The summed E-state index contributed by atoms with van der Waals surface area (Å²) in [4.78, 5) is 8.62. The zero-order valence-electron chi connectivity index (χ0n) is 10.4. The standard InChI is InChI=1S/C13H13N5O/c1-2-18-8-9(7-15-18)19-13-12(14)16-10-5-3-4-6-11(10)17-13/h3-8H,2H2,1H3,(H2,14,16). The lowest BCUT2D eigenvalue weighted by Crippen LogP contribution is -1.98. The van der Waals surface area contributed by atoms with Crippen LogP contribution in [-0.2, 0) is 6.54 Å². The van der Waals surface area contributed by atoms with Crippen LogP contribution in [0.15, 0.2) is 36.7 Å². The van der Waals surface area contributed by atoms with Gasteiger partial charge >= 0.3 is 0 Å². The second kappa shape index (κ2) is 4.56. The van der Waals surface area contributed by atoms with Crippen molar-refractivity contribution in [1.29, 1.82) is 0 Å². The Morgan fingerprint density at radius 1 is 1.21 bits per heavy atom. The first-order valence-electron chi connectivity index (χ1n) is 5.99. The molecule has 6 heteroatoms. The molecule has 0 saturated heterocycles. The summed E-state index contributed by atoms with van der Waals surface area (Å²) in [6.45, 7) is 2.78. The molecule has 3 aromatic rings. The number of rotatable bonds is 3. The second-order valence-electron chi connectivity index (χ2n) is 4.04. The lowest BCUT2D eigenvalue weighted by atomic mass is 10.3. The Balaban J connectivity index is 1.97. The third-order valence-electron chi connectivity index (χ3n) is 2.71. The van der Waals surface area contributed by atoms with Gasteiger partial charge in [0, 0.05) is 6.54 Å². The third kappa shape index (κ3) is 2.20. The molecule has 0 aliphatic carbocycles. The van der Waals surface area contributed by atoms with E-state index in [9.17, 15) is 0 Å². The molecule has 0 amide bonds. The predicted octanol–water partition coefficient (Wildman–Crippen LogP) is 2.22. The van der Waals surface area contributed by atoms with Crippen molar-refractivity contribution in [2.24, 2.45) is 0 Å². The Morgan fingerprint density at radius 2 is 1.95 bits per heavy atom. The van der Waals surface area contributed by atoms with E-state index < -0.39 is 0 Å². The summed E-state index contributed by atoms with van der Waals surface area (Å²) in [5.74, 6) is 1.16. The van der Waals surface area contributed by atoms with Crippen molar-refractivity contribution in [3.8, 4) is 11.6 Å². The van der Waals surface area contributed by atoms with E-state index >= 15 is 0 Å². The van der Waals surface area contributed by atoms with E-state index in [0.717, 1.165) is 17.6 Å². The van der Waals surface area contributed by atoms with Crippen molar-refractivity contribution >= 4 is 16.9 Å². The fourth-order valence-electron chi connectivity index (χ4n) is 1.75. The fourth-order valence-corrected chi connectivity index (χ4v) is 1.75. The molecule has 2 aromatic heterocycles. The number of nitrogen functional groups attached to an aromatic ring is 1. The highest BCUT2D eigenvalue weighted by Gasteiger charge is 2.09. The number of nitrogens with two attached hydrogens (primary N) is 1. The van der Waals surface area contributed by atoms with Gasteiger partial charge in [-0.1, -0.05) is 12.1 Å². The summed E-state index contributed by atoms with van der Waals surface area (Å²) in [6, 6.07) is 7.51. The second-order valence-corrected chi connectivity index (χ2v) is 4.04. The summed E-state index contributed by atoms with van der Waals surface area (Å²) in [5.41, 5.74) is 7.34. The van der Waals surface area contributed by atoms with E-state index in [0.29, 0.717) is 11.6 Å². The van der Waals surface area contributed by atoms with Gasteiger partial charge in [0.1, 0.15) is 0 Å². The number of ether oxygens (including phenoxy) is 1. The van der Waals surface area contributed by atoms with Gasteiger partial charge in [-0.25, -0.2) is 9.97 Å². The first-order valence-corrected chi connectivity index (χ1v) is 5.99. The number of benzene rings is 1. The van der Waals surface area contributed by atoms with E-state index in [2.05, 4.69) is 15.1 Å². The van der Waals surface area contributed by atoms with Crippen molar-refractivity contribution in [2.45, 2.75) is 13.5 Å². The summed E-state index contributed by atoms with van der Waals surface area (Å²) >= 11 is 0. The first-order chi connectivity index (χ1) is 9.26. The molecule has 6 nitrogen and oxygen atoms in total. The van der Waals surface area contributed by atoms with Crippen molar-refractivity contribution in [2.75, 3.05) is 5.73 Å². The molecule has 0 spiro atoms. The Hall–Kier alpha value is -2.63. The van der Waals surface area contributed by atoms with Crippen LogP contribution in [0.25, 0.3) is 11.0 Å². The van der Waals surface area contributed by atoms with Crippen LogP contribution in [0.1, 0.15) is 6.92 Å². The monoisotopic (exact) mass is 255 g/mol. The van der Waals surface area contributed by atoms with Gasteiger partial charge in [-0.15, -0.1) is 0 Å². The quantitative estimate of drug-likeness (QED) is 0.776. The zero-order chi connectivity index (χ0) is 13.2. The molecule has 0 fully saturated rings. The van der Waals surface area contributed by atoms with Crippen LogP contribution in [0.4, 0.5) is 5.82 Å². The van der Waals surface area contributed by atoms with Gasteiger partial charge in [0.2, 0.25) is 0 Å². The molecule has 0 aliphatic rings. The number of nitrogens with zero attached hydrogens (tertiary/aromatic N) is 4. The van der Waals surface area contributed by atoms with Crippen molar-refractivity contribution in [1.82, 2.24) is 19.7 Å². The SMILES string of the molecule is CCn1cc(Oc2nc3ccccc3nc2N)cn1. The highest BCUT2D eigenvalue weighted by Crippen LogP contribution is 2.25. The normalized spacial score (nSPS) is 10.8. The van der Waals surface area contributed by atoms with Crippen LogP contribution >= 0.6 is 0 Å². The van der Waals surface area contributed by atoms with Crippen LogP contribution in [-0.4, -0.2) is 19.7 Å². The van der Waals surface area contributed by atoms with Gasteiger partial charge in [0.05, 0.1) is 23.4 Å². The average molecular weight is 255 g/mol. The maximum absolute atomic E-state index is 5.85. The summed E-state index contributed by atoms with van der Waals surface area (Å²) in [7, 11) is 0. The van der Waals surface area contributed by atoms with Gasteiger partial charge in [0.25, 0.3) is 5.88 Å². The van der Waals surface area contributed by atoms with Crippen molar-refractivity contribution < 1.29 is 4.74 Å². The van der Waals surface area contributed by atoms with Gasteiger partial charge < -0.3 is 10.5 Å². The van der Waals surface area contributed by atoms with Crippen LogP contribution in [0.5, 0.6) is 11.6 Å². The molecule has 2 N–H and O–H groups in total. The van der Waals surface area contributed by atoms with E-state index in [4.69, 9.17) is 10.5 Å². The number of hydrogen-bond acceptors (Lipinski definition) is 5. The Labute approximate surface area is 109 Å². The highest BCUT2D eigenvalue weighted by molar-refractivity contribution is 5.76. The largest absolute Gasteiger partial charge is 0.433 e. The number of fused-ring (bicyclic) bond motifs is 1. The van der Waals surface area contributed by atoms with Crippen LogP contribution < -0.4 is 10.5 Å². The molecular weight excluding hydrogens is 242 g/mol. The summed E-state index contributed by atoms with van der Waals surface area (Å²) in [6.07, 6.45) is 3.41. The summed E-state index contributed by atoms with van der Waals surface area (Å²) < 4.78 is 7.38. The number of hydrogen-bond donors (Lipinski definition) is 1. The minimum absolute atomic E-state index is 0.267. The number of aromatic nitrogens is 4. The summed E-state index contributed by atoms with van der Waals surface area (Å²) in [5, 5.41) is 4.13. The molecule has 2 heterocycles. The van der Waals surface area contributed by atoms with E-state index in [1.54, 1.807) is 17.1 Å². The van der Waals surface area contributed by atoms with Crippen LogP contribution in [0.2, 0.25) is 0 Å². The van der Waals surface area contributed by atoms with Crippen molar-refractivity contribution in [3.63, 3.8) is 0 Å². The third-order valence-corrected chi connectivity index (χ3v) is 2.71. The van der Waals surface area contributed by atoms with E-state index in [-0.39, 0.29) is 5.82 Å². The molecule has 0 bridgehead atoms. The highest BCUT2D eigenvalue weighted by atomic mass is 16.5. The minimum atomic E-state index is 0.267. The molecule has 0 radical (unpaired) electrons. The van der Waals surface area contributed by atoms with Gasteiger partial charge in [0.15, 0.2) is 11.6 Å². The molecule has 1 aromatic carbocycles. The van der Waals surface area contributed by atoms with Crippen molar-refractivity contribution in [3.05, 3.63) is 36.7 Å².